The molecule has 1 saturated heterocycles. The quantitative estimate of drug-likeness (QED) is 0.389. The molecule has 214 valence electrons. The van der Waals surface area contributed by atoms with E-state index in [1.165, 1.54) is 19.1 Å². The predicted molar refractivity (Wildman–Crippen MR) is 145 cm³/mol. The van der Waals surface area contributed by atoms with Crippen molar-refractivity contribution in [2.45, 2.75) is 77.5 Å². The molecule has 11 heteroatoms. The zero-order valence-electron chi connectivity index (χ0n) is 23.7. The molecule has 39 heavy (non-hydrogen) atoms. The molecule has 1 fully saturated rings. The second-order valence-corrected chi connectivity index (χ2v) is 10.3. The van der Waals surface area contributed by atoms with Crippen molar-refractivity contribution in [1.29, 1.82) is 0 Å². The van der Waals surface area contributed by atoms with E-state index in [0.717, 1.165) is 12.8 Å². The number of methoxy groups -OCH3 is 2. The van der Waals surface area contributed by atoms with Gasteiger partial charge in [-0.1, -0.05) is 24.2 Å². The number of para-hydroxylation sites is 1. The molecule has 2 atom stereocenters. The minimum absolute atomic E-state index is 0.100. The van der Waals surface area contributed by atoms with E-state index in [4.69, 9.17) is 18.7 Å². The first kappa shape index (κ1) is 29.9. The lowest BCUT2D eigenvalue weighted by Gasteiger charge is -2.36. The van der Waals surface area contributed by atoms with Crippen LogP contribution in [-0.2, 0) is 19.1 Å². The summed E-state index contributed by atoms with van der Waals surface area (Å²) in [4.78, 5) is 41.8. The highest BCUT2D eigenvalue weighted by Gasteiger charge is 2.38. The second kappa shape index (κ2) is 13.5. The third kappa shape index (κ3) is 7.95. The van der Waals surface area contributed by atoms with Gasteiger partial charge in [0.15, 0.2) is 17.3 Å². The summed E-state index contributed by atoms with van der Waals surface area (Å²) in [6.45, 7) is 8.32. The Bertz CT molecular complexity index is 1140. The van der Waals surface area contributed by atoms with Crippen molar-refractivity contribution < 1.29 is 33.1 Å². The zero-order chi connectivity index (χ0) is 28.6. The first-order valence-electron chi connectivity index (χ1n) is 13.3. The molecule has 0 radical (unpaired) electrons. The Morgan fingerprint density at radius 1 is 1.21 bits per heavy atom. The van der Waals surface area contributed by atoms with Crippen molar-refractivity contribution in [2.75, 3.05) is 32.7 Å². The Kier molecular flexibility index (Phi) is 10.3. The summed E-state index contributed by atoms with van der Waals surface area (Å²) in [6, 6.07) is 5.78. The fraction of sp³-hybridized carbons (Fsp3) is 0.571. The number of benzene rings is 1. The number of aromatic nitrogens is 1. The van der Waals surface area contributed by atoms with Crippen LogP contribution in [0.5, 0.6) is 11.5 Å². The second-order valence-electron chi connectivity index (χ2n) is 10.3. The number of hydrogen-bond acceptors (Lipinski definition) is 8. The number of nitrogens with one attached hydrogen (secondary N) is 2. The van der Waals surface area contributed by atoms with Crippen LogP contribution in [0.2, 0.25) is 0 Å². The van der Waals surface area contributed by atoms with E-state index in [1.807, 2.05) is 20.8 Å². The molecule has 0 aliphatic carbocycles. The van der Waals surface area contributed by atoms with Crippen molar-refractivity contribution >= 4 is 23.5 Å². The van der Waals surface area contributed by atoms with E-state index in [2.05, 4.69) is 15.8 Å². The van der Waals surface area contributed by atoms with Crippen LogP contribution in [0.15, 0.2) is 28.8 Å². The van der Waals surface area contributed by atoms with Gasteiger partial charge in [-0.3, -0.25) is 14.4 Å². The molecule has 2 unspecified atom stereocenters. The van der Waals surface area contributed by atoms with Gasteiger partial charge in [0.2, 0.25) is 17.7 Å². The molecule has 2 N–H and O–H groups in total. The van der Waals surface area contributed by atoms with Gasteiger partial charge in [0, 0.05) is 43.2 Å². The molecule has 11 nitrogen and oxygen atoms in total. The highest BCUT2D eigenvalue weighted by Crippen LogP contribution is 2.38. The molecule has 1 aromatic carbocycles. The van der Waals surface area contributed by atoms with Crippen LogP contribution < -0.4 is 20.1 Å². The van der Waals surface area contributed by atoms with Crippen LogP contribution in [0.4, 0.5) is 5.82 Å². The van der Waals surface area contributed by atoms with Crippen LogP contribution in [0.3, 0.4) is 0 Å². The van der Waals surface area contributed by atoms with E-state index in [0.29, 0.717) is 35.9 Å². The van der Waals surface area contributed by atoms with Crippen molar-refractivity contribution in [3.8, 4) is 11.5 Å². The Hall–Kier alpha value is -3.60. The zero-order valence-corrected chi connectivity index (χ0v) is 23.7. The van der Waals surface area contributed by atoms with Gasteiger partial charge in [-0.15, -0.1) is 0 Å². The maximum absolute atomic E-state index is 13.9. The van der Waals surface area contributed by atoms with Crippen molar-refractivity contribution in [2.24, 2.45) is 0 Å². The minimum atomic E-state index is -1.04. The summed E-state index contributed by atoms with van der Waals surface area (Å²) >= 11 is 0. The fourth-order valence-corrected chi connectivity index (χ4v) is 4.42. The number of rotatable bonds is 13. The van der Waals surface area contributed by atoms with Gasteiger partial charge >= 0.3 is 0 Å². The highest BCUT2D eigenvalue weighted by molar-refractivity contribution is 5.94. The molecule has 0 saturated carbocycles. The summed E-state index contributed by atoms with van der Waals surface area (Å²) in [5, 5.41) is 9.47. The van der Waals surface area contributed by atoms with E-state index in [1.54, 1.807) is 31.2 Å². The molecule has 1 aromatic heterocycles. The standard InChI is InChI=1S/C28H40N4O7/c1-7-28(3,4)30-27(35)25(20-11-8-12-21(36-5)26(20)37-6)32(17-19-10-9-15-38-19)24(34)14-13-23(33)29-22-16-18(2)39-31-22/h8,11-12,16,19,25H,7,9-10,13-15,17H2,1-6H3,(H,30,35)(H,29,31,33). The number of carbonyl (C=O) groups is 3. The summed E-state index contributed by atoms with van der Waals surface area (Å²) in [6.07, 6.45) is 1.86. The number of ether oxygens (including phenoxy) is 3. The molecule has 2 aromatic rings. The normalized spacial score (nSPS) is 15.9. The van der Waals surface area contributed by atoms with Gasteiger partial charge in [-0.05, 0) is 46.1 Å². The molecule has 0 bridgehead atoms. The van der Waals surface area contributed by atoms with Crippen LogP contribution in [0.25, 0.3) is 0 Å². The summed E-state index contributed by atoms with van der Waals surface area (Å²) in [7, 11) is 3.01. The van der Waals surface area contributed by atoms with Crippen LogP contribution >= 0.6 is 0 Å². The summed E-state index contributed by atoms with van der Waals surface area (Å²) in [5.74, 6) is 0.522. The molecule has 2 heterocycles. The van der Waals surface area contributed by atoms with Crippen LogP contribution in [0, 0.1) is 6.92 Å². The number of aryl methyl sites for hydroxylation is 1. The van der Waals surface area contributed by atoms with Gasteiger partial charge in [-0.25, -0.2) is 0 Å². The lowest BCUT2D eigenvalue weighted by molar-refractivity contribution is -0.144. The Balaban J connectivity index is 1.95. The van der Waals surface area contributed by atoms with Gasteiger partial charge in [0.05, 0.1) is 20.3 Å². The Labute approximate surface area is 229 Å². The van der Waals surface area contributed by atoms with E-state index in [-0.39, 0.29) is 49.0 Å². The maximum Gasteiger partial charge on any atom is 0.248 e. The Morgan fingerprint density at radius 2 is 1.97 bits per heavy atom. The number of anilines is 1. The van der Waals surface area contributed by atoms with Gasteiger partial charge in [0.1, 0.15) is 11.8 Å². The molecular formula is C28H40N4O7. The maximum atomic E-state index is 13.9. The smallest absolute Gasteiger partial charge is 0.248 e. The number of nitrogens with zero attached hydrogens (tertiary/aromatic N) is 2. The summed E-state index contributed by atoms with van der Waals surface area (Å²) in [5.41, 5.74) is -0.0366. The molecule has 3 amide bonds. The van der Waals surface area contributed by atoms with E-state index >= 15 is 0 Å². The van der Waals surface area contributed by atoms with Gasteiger partial charge in [-0.2, -0.15) is 0 Å². The predicted octanol–water partition coefficient (Wildman–Crippen LogP) is 3.77. The summed E-state index contributed by atoms with van der Waals surface area (Å²) < 4.78 is 22.0. The van der Waals surface area contributed by atoms with Crippen molar-refractivity contribution in [1.82, 2.24) is 15.4 Å². The highest BCUT2D eigenvalue weighted by atomic mass is 16.5. The molecule has 1 aliphatic rings. The Morgan fingerprint density at radius 3 is 2.56 bits per heavy atom. The monoisotopic (exact) mass is 544 g/mol. The third-order valence-corrected chi connectivity index (χ3v) is 6.84. The first-order chi connectivity index (χ1) is 18.6. The van der Waals surface area contributed by atoms with E-state index < -0.39 is 11.6 Å². The van der Waals surface area contributed by atoms with E-state index in [9.17, 15) is 14.4 Å². The SMILES string of the molecule is CCC(C)(C)NC(=O)C(c1cccc(OC)c1OC)N(CC1CCCO1)C(=O)CCC(=O)Nc1cc(C)on1. The molecular weight excluding hydrogens is 504 g/mol. The average molecular weight is 545 g/mol. The molecule has 3 rings (SSSR count). The van der Waals surface area contributed by atoms with Crippen molar-refractivity contribution in [3.05, 3.63) is 35.6 Å². The van der Waals surface area contributed by atoms with Crippen molar-refractivity contribution in [3.63, 3.8) is 0 Å². The average Bonchev–Trinajstić information content (AvgIpc) is 3.57. The number of hydrogen-bond donors (Lipinski definition) is 2. The largest absolute Gasteiger partial charge is 0.493 e. The van der Waals surface area contributed by atoms with Gasteiger partial charge < -0.3 is 34.3 Å². The van der Waals surface area contributed by atoms with Crippen LogP contribution in [0.1, 0.15) is 70.2 Å². The lowest BCUT2D eigenvalue weighted by atomic mass is 9.97. The van der Waals surface area contributed by atoms with Gasteiger partial charge in [0.25, 0.3) is 0 Å². The van der Waals surface area contributed by atoms with Crippen LogP contribution in [-0.4, -0.2) is 66.8 Å². The molecule has 1 aliphatic heterocycles. The third-order valence-electron chi connectivity index (χ3n) is 6.84. The topological polar surface area (TPSA) is 132 Å². The minimum Gasteiger partial charge on any atom is -0.493 e. The number of amides is 3. The number of carbonyl (C=O) groups excluding carboxylic acids is 3. The first-order valence-corrected chi connectivity index (χ1v) is 13.3. The fourth-order valence-electron chi connectivity index (χ4n) is 4.42. The lowest BCUT2D eigenvalue weighted by Crippen LogP contribution is -2.51. The molecule has 0 spiro atoms.